The first-order valence-corrected chi connectivity index (χ1v) is 10.4. The van der Waals surface area contributed by atoms with E-state index >= 15 is 0 Å². The van der Waals surface area contributed by atoms with Crippen molar-refractivity contribution in [3.05, 3.63) is 76.2 Å². The maximum absolute atomic E-state index is 13.4. The number of benzene rings is 1. The van der Waals surface area contributed by atoms with Gasteiger partial charge in [-0.05, 0) is 48.4 Å². The minimum atomic E-state index is -0.131. The van der Waals surface area contributed by atoms with Gasteiger partial charge in [-0.25, -0.2) is 0 Å². The van der Waals surface area contributed by atoms with Gasteiger partial charge >= 0.3 is 0 Å². The Morgan fingerprint density at radius 3 is 2.68 bits per heavy atom. The fourth-order valence-corrected chi connectivity index (χ4v) is 4.59. The van der Waals surface area contributed by atoms with Gasteiger partial charge in [0.1, 0.15) is 0 Å². The fourth-order valence-electron chi connectivity index (χ4n) is 3.85. The number of hydrogen-bond donors (Lipinski definition) is 0. The number of thiophene rings is 1. The van der Waals surface area contributed by atoms with Crippen LogP contribution in [0.25, 0.3) is 11.1 Å². The monoisotopic (exact) mass is 390 g/mol. The van der Waals surface area contributed by atoms with Crippen molar-refractivity contribution in [3.63, 3.8) is 0 Å². The molecule has 1 fully saturated rings. The van der Waals surface area contributed by atoms with E-state index in [4.69, 9.17) is 0 Å². The first-order valence-electron chi connectivity index (χ1n) is 9.53. The number of carbonyl (C=O) groups excluding carboxylic acids is 2. The Hall–Kier alpha value is -2.79. The maximum atomic E-state index is 13.4. The van der Waals surface area contributed by atoms with Gasteiger partial charge in [0.15, 0.2) is 5.78 Å². The quantitative estimate of drug-likeness (QED) is 0.598. The van der Waals surface area contributed by atoms with Crippen LogP contribution < -0.4 is 0 Å². The average Bonchev–Trinajstić information content (AvgIpc) is 3.28. The number of aromatic nitrogens is 1. The van der Waals surface area contributed by atoms with E-state index in [-0.39, 0.29) is 17.6 Å². The fraction of sp³-hybridized carbons (Fsp3) is 0.261. The highest BCUT2D eigenvalue weighted by Crippen LogP contribution is 2.29. The lowest BCUT2D eigenvalue weighted by molar-refractivity contribution is 0.0638. The molecule has 0 N–H and O–H groups in total. The zero-order valence-corrected chi connectivity index (χ0v) is 16.6. The van der Waals surface area contributed by atoms with Gasteiger partial charge in [-0.2, -0.15) is 0 Å². The smallest absolute Gasteiger partial charge is 0.256 e. The number of carbonyl (C=O) groups is 2. The molecule has 1 aliphatic heterocycles. The van der Waals surface area contributed by atoms with Crippen LogP contribution in [0.5, 0.6) is 0 Å². The third-order valence-corrected chi connectivity index (χ3v) is 6.17. The molecule has 3 heterocycles. The van der Waals surface area contributed by atoms with Crippen LogP contribution in [0.15, 0.2) is 60.1 Å². The molecule has 1 amide bonds. The van der Waals surface area contributed by atoms with E-state index in [2.05, 4.69) is 4.98 Å². The summed E-state index contributed by atoms with van der Waals surface area (Å²) in [5, 5.41) is 1.92. The van der Waals surface area contributed by atoms with Crippen LogP contribution in [0.1, 0.15) is 38.6 Å². The number of amides is 1. The van der Waals surface area contributed by atoms with Crippen LogP contribution in [0.4, 0.5) is 0 Å². The van der Waals surface area contributed by atoms with E-state index in [9.17, 15) is 9.59 Å². The van der Waals surface area contributed by atoms with Crippen LogP contribution in [-0.4, -0.2) is 34.7 Å². The van der Waals surface area contributed by atoms with Crippen LogP contribution >= 0.6 is 11.3 Å². The molecule has 28 heavy (non-hydrogen) atoms. The lowest BCUT2D eigenvalue weighted by atomic mass is 9.91. The predicted molar refractivity (Wildman–Crippen MR) is 112 cm³/mol. The molecule has 3 aromatic rings. The predicted octanol–water partition coefficient (Wildman–Crippen LogP) is 4.85. The van der Waals surface area contributed by atoms with E-state index in [1.54, 1.807) is 6.20 Å². The molecule has 1 aromatic carbocycles. The second kappa shape index (κ2) is 8.07. The summed E-state index contributed by atoms with van der Waals surface area (Å²) >= 11 is 1.47. The Kier molecular flexibility index (Phi) is 5.35. The standard InChI is InChI=1S/C23H22N2O2S/c1-16-21(19(11-12-24-16)17-7-3-2-4-8-17)23(27)25-13-5-9-18(15-25)22(26)20-10-6-14-28-20/h2-4,6-8,10-12,14,18H,5,9,13,15H2,1H3/t18-/m0/s1. The van der Waals surface area contributed by atoms with E-state index in [0.717, 1.165) is 34.5 Å². The minimum Gasteiger partial charge on any atom is -0.338 e. The molecule has 5 heteroatoms. The molecule has 1 atom stereocenters. The van der Waals surface area contributed by atoms with Gasteiger partial charge < -0.3 is 4.90 Å². The Morgan fingerprint density at radius 2 is 1.93 bits per heavy atom. The molecule has 0 unspecified atom stereocenters. The Balaban J connectivity index is 1.62. The number of likely N-dealkylation sites (tertiary alicyclic amines) is 1. The number of ketones is 1. The molecule has 0 bridgehead atoms. The summed E-state index contributed by atoms with van der Waals surface area (Å²) in [7, 11) is 0. The molecule has 1 saturated heterocycles. The first-order chi connectivity index (χ1) is 13.6. The molecular formula is C23H22N2O2S. The minimum absolute atomic E-state index is 0.0341. The molecular weight excluding hydrogens is 368 g/mol. The molecule has 0 spiro atoms. The Labute approximate surface area is 168 Å². The summed E-state index contributed by atoms with van der Waals surface area (Å²) in [6, 6.07) is 15.6. The van der Waals surface area contributed by atoms with Gasteiger partial charge in [-0.3, -0.25) is 14.6 Å². The summed E-state index contributed by atoms with van der Waals surface area (Å²) in [5.74, 6) is -0.0136. The Bertz CT molecular complexity index is 983. The number of hydrogen-bond acceptors (Lipinski definition) is 4. The molecule has 2 aromatic heterocycles. The zero-order chi connectivity index (χ0) is 19.5. The van der Waals surface area contributed by atoms with Crippen LogP contribution in [0.3, 0.4) is 0 Å². The summed E-state index contributed by atoms with van der Waals surface area (Å²) in [4.78, 5) is 33.2. The number of piperidine rings is 1. The largest absolute Gasteiger partial charge is 0.338 e. The summed E-state index contributed by atoms with van der Waals surface area (Å²) < 4.78 is 0. The van der Waals surface area contributed by atoms with Gasteiger partial charge in [0.05, 0.1) is 16.1 Å². The molecule has 4 nitrogen and oxygen atoms in total. The lowest BCUT2D eigenvalue weighted by Crippen LogP contribution is -2.42. The highest BCUT2D eigenvalue weighted by atomic mass is 32.1. The molecule has 4 rings (SSSR count). The van der Waals surface area contributed by atoms with Gasteiger partial charge in [-0.1, -0.05) is 36.4 Å². The highest BCUT2D eigenvalue weighted by Gasteiger charge is 2.31. The third kappa shape index (κ3) is 3.62. The van der Waals surface area contributed by atoms with Crippen molar-refractivity contribution in [2.45, 2.75) is 19.8 Å². The molecule has 142 valence electrons. The average molecular weight is 391 g/mol. The normalized spacial score (nSPS) is 16.8. The van der Waals surface area contributed by atoms with Gasteiger partial charge in [-0.15, -0.1) is 11.3 Å². The first kappa shape index (κ1) is 18.6. The summed E-state index contributed by atoms with van der Waals surface area (Å²) in [6.45, 7) is 3.02. The second-order valence-electron chi connectivity index (χ2n) is 7.12. The maximum Gasteiger partial charge on any atom is 0.256 e. The van der Waals surface area contributed by atoms with Gasteiger partial charge in [0.2, 0.25) is 0 Å². The van der Waals surface area contributed by atoms with Gasteiger partial charge in [0, 0.05) is 25.2 Å². The number of pyridine rings is 1. The van der Waals surface area contributed by atoms with Gasteiger partial charge in [0.25, 0.3) is 5.91 Å². The van der Waals surface area contributed by atoms with Crippen molar-refractivity contribution >= 4 is 23.0 Å². The van der Waals surface area contributed by atoms with E-state index in [0.29, 0.717) is 18.7 Å². The van der Waals surface area contributed by atoms with Crippen molar-refractivity contribution in [1.29, 1.82) is 0 Å². The van der Waals surface area contributed by atoms with Crippen molar-refractivity contribution in [2.75, 3.05) is 13.1 Å². The number of aryl methyl sites for hydroxylation is 1. The number of rotatable bonds is 4. The highest BCUT2D eigenvalue weighted by molar-refractivity contribution is 7.12. The SMILES string of the molecule is Cc1nccc(-c2ccccc2)c1C(=O)N1CCC[C@H](C(=O)c2cccs2)C1. The Morgan fingerprint density at radius 1 is 1.11 bits per heavy atom. The lowest BCUT2D eigenvalue weighted by Gasteiger charge is -2.32. The van der Waals surface area contributed by atoms with Crippen molar-refractivity contribution in [3.8, 4) is 11.1 Å². The van der Waals surface area contributed by atoms with E-state index in [1.807, 2.05) is 65.7 Å². The summed E-state index contributed by atoms with van der Waals surface area (Å²) in [6.07, 6.45) is 3.42. The summed E-state index contributed by atoms with van der Waals surface area (Å²) in [5.41, 5.74) is 3.25. The zero-order valence-electron chi connectivity index (χ0n) is 15.8. The van der Waals surface area contributed by atoms with E-state index < -0.39 is 0 Å². The van der Waals surface area contributed by atoms with E-state index in [1.165, 1.54) is 11.3 Å². The molecule has 0 saturated carbocycles. The molecule has 0 aliphatic carbocycles. The second-order valence-corrected chi connectivity index (χ2v) is 8.06. The number of Topliss-reactive ketones (excluding diaryl/α,β-unsaturated/α-hetero) is 1. The topological polar surface area (TPSA) is 50.3 Å². The molecule has 0 radical (unpaired) electrons. The third-order valence-electron chi connectivity index (χ3n) is 5.28. The number of nitrogens with zero attached hydrogens (tertiary/aromatic N) is 2. The van der Waals surface area contributed by atoms with Crippen molar-refractivity contribution < 1.29 is 9.59 Å². The molecule has 1 aliphatic rings. The van der Waals surface area contributed by atoms with Crippen LogP contribution in [0.2, 0.25) is 0 Å². The van der Waals surface area contributed by atoms with Crippen molar-refractivity contribution in [1.82, 2.24) is 9.88 Å². The van der Waals surface area contributed by atoms with Crippen molar-refractivity contribution in [2.24, 2.45) is 5.92 Å². The van der Waals surface area contributed by atoms with Crippen LogP contribution in [0, 0.1) is 12.8 Å². The van der Waals surface area contributed by atoms with Crippen LogP contribution in [-0.2, 0) is 0 Å².